The molecule has 2 heteroatoms. The van der Waals surface area contributed by atoms with Crippen molar-refractivity contribution in [1.29, 1.82) is 0 Å². The first-order valence-electron chi connectivity index (χ1n) is 13.7. The Labute approximate surface area is 211 Å². The van der Waals surface area contributed by atoms with Crippen LogP contribution >= 0.6 is 0 Å². The fourth-order valence-electron chi connectivity index (χ4n) is 5.54. The third-order valence-electron chi connectivity index (χ3n) is 7.78. The molecule has 3 aromatic carbocycles. The largest absolute Gasteiger partial charge is 0.490 e. The summed E-state index contributed by atoms with van der Waals surface area (Å²) in [7, 11) is 0. The smallest absolute Gasteiger partial charge is 0.134 e. The van der Waals surface area contributed by atoms with Gasteiger partial charge in [-0.3, -0.25) is 0 Å². The molecule has 0 heterocycles. The van der Waals surface area contributed by atoms with Crippen molar-refractivity contribution < 1.29 is 9.13 Å². The highest BCUT2D eigenvalue weighted by Gasteiger charge is 2.22. The fraction of sp³-hybridized carbons (Fsp3) is 0.455. The minimum Gasteiger partial charge on any atom is -0.490 e. The van der Waals surface area contributed by atoms with Gasteiger partial charge in [0.25, 0.3) is 0 Å². The molecule has 186 valence electrons. The van der Waals surface area contributed by atoms with Crippen LogP contribution in [0.2, 0.25) is 0 Å². The van der Waals surface area contributed by atoms with Gasteiger partial charge >= 0.3 is 0 Å². The molecule has 0 saturated heterocycles. The first kappa shape index (κ1) is 25.5. The summed E-state index contributed by atoms with van der Waals surface area (Å²) >= 11 is 0. The highest BCUT2D eigenvalue weighted by Crippen LogP contribution is 2.38. The summed E-state index contributed by atoms with van der Waals surface area (Å²) in [5.41, 5.74) is 3.56. The van der Waals surface area contributed by atoms with Gasteiger partial charge in [-0.15, -0.1) is 0 Å². The van der Waals surface area contributed by atoms with Crippen LogP contribution in [0.3, 0.4) is 0 Å². The van der Waals surface area contributed by atoms with Gasteiger partial charge < -0.3 is 4.74 Å². The Balaban J connectivity index is 1.31. The first-order chi connectivity index (χ1) is 17.2. The van der Waals surface area contributed by atoms with E-state index in [9.17, 15) is 0 Å². The molecule has 0 amide bonds. The molecular weight excluding hydrogens is 431 g/mol. The lowest BCUT2D eigenvalue weighted by molar-refractivity contribution is 0.303. The van der Waals surface area contributed by atoms with Crippen molar-refractivity contribution in [3.63, 3.8) is 0 Å². The van der Waals surface area contributed by atoms with Crippen molar-refractivity contribution in [3.8, 4) is 5.75 Å². The molecule has 1 aliphatic carbocycles. The standard InChI is InChI=1S/C33H41FO/c1-3-5-7-8-25-9-14-27(15-10-25)28-16-11-26(12-17-28)13-18-29-19-20-30-24-31(35-23-6-4-2)21-22-32(30)33(29)34/h4,6,11-12,16-17,19-22,24-25,27H,3,5,7-10,13-15,18,23H2,1-2H3. The lowest BCUT2D eigenvalue weighted by Crippen LogP contribution is -2.13. The molecule has 0 atom stereocenters. The quantitative estimate of drug-likeness (QED) is 0.199. The van der Waals surface area contributed by atoms with Crippen LogP contribution in [0.4, 0.5) is 4.39 Å². The van der Waals surface area contributed by atoms with Crippen LogP contribution in [0.25, 0.3) is 10.8 Å². The van der Waals surface area contributed by atoms with Crippen molar-refractivity contribution in [3.05, 3.63) is 89.3 Å². The third kappa shape index (κ3) is 6.97. The van der Waals surface area contributed by atoms with Gasteiger partial charge in [0.1, 0.15) is 18.2 Å². The highest BCUT2D eigenvalue weighted by atomic mass is 19.1. The van der Waals surface area contributed by atoms with Crippen LogP contribution < -0.4 is 4.74 Å². The zero-order valence-corrected chi connectivity index (χ0v) is 21.6. The molecule has 35 heavy (non-hydrogen) atoms. The van der Waals surface area contributed by atoms with Gasteiger partial charge in [0.2, 0.25) is 0 Å². The molecule has 0 radical (unpaired) electrons. The molecule has 0 N–H and O–H groups in total. The minimum absolute atomic E-state index is 0.102. The zero-order valence-electron chi connectivity index (χ0n) is 21.6. The van der Waals surface area contributed by atoms with E-state index in [4.69, 9.17) is 4.74 Å². The molecule has 0 unspecified atom stereocenters. The van der Waals surface area contributed by atoms with Gasteiger partial charge in [0.15, 0.2) is 0 Å². The van der Waals surface area contributed by atoms with Crippen LogP contribution in [0.5, 0.6) is 5.75 Å². The monoisotopic (exact) mass is 472 g/mol. The number of aryl methyl sites for hydroxylation is 2. The Hall–Kier alpha value is -2.61. The van der Waals surface area contributed by atoms with Crippen LogP contribution in [-0.4, -0.2) is 6.61 Å². The Morgan fingerprint density at radius 3 is 2.46 bits per heavy atom. The van der Waals surface area contributed by atoms with Crippen LogP contribution in [0, 0.1) is 11.7 Å². The lowest BCUT2D eigenvalue weighted by Gasteiger charge is -2.29. The number of unbranched alkanes of at least 4 members (excludes halogenated alkanes) is 2. The number of fused-ring (bicyclic) bond motifs is 1. The molecule has 3 aromatic rings. The second-order valence-electron chi connectivity index (χ2n) is 10.3. The SMILES string of the molecule is CC=CCOc1ccc2c(F)c(CCc3ccc(C4CCC(CCCCC)CC4)cc3)ccc2c1. The maximum Gasteiger partial charge on any atom is 0.134 e. The number of hydrogen-bond acceptors (Lipinski definition) is 1. The number of halogens is 1. The van der Waals surface area contributed by atoms with Gasteiger partial charge in [-0.25, -0.2) is 4.39 Å². The lowest BCUT2D eigenvalue weighted by atomic mass is 9.77. The summed E-state index contributed by atoms with van der Waals surface area (Å²) < 4.78 is 20.9. The summed E-state index contributed by atoms with van der Waals surface area (Å²) in [6, 6.07) is 18.7. The molecule has 0 spiro atoms. The summed E-state index contributed by atoms with van der Waals surface area (Å²) in [5.74, 6) is 2.34. The molecule has 1 nitrogen and oxygen atoms in total. The van der Waals surface area contributed by atoms with Crippen molar-refractivity contribution in [1.82, 2.24) is 0 Å². The number of hydrogen-bond donors (Lipinski definition) is 0. The van der Waals surface area contributed by atoms with Crippen molar-refractivity contribution in [2.75, 3.05) is 6.61 Å². The Morgan fingerprint density at radius 2 is 1.71 bits per heavy atom. The topological polar surface area (TPSA) is 9.23 Å². The molecule has 0 bridgehead atoms. The molecule has 4 rings (SSSR count). The maximum atomic E-state index is 15.2. The van der Waals surface area contributed by atoms with Crippen molar-refractivity contribution >= 4 is 10.8 Å². The Morgan fingerprint density at radius 1 is 0.914 bits per heavy atom. The minimum atomic E-state index is -0.102. The molecule has 1 fully saturated rings. The van der Waals surface area contributed by atoms with E-state index in [0.717, 1.165) is 35.0 Å². The zero-order chi connectivity index (χ0) is 24.5. The van der Waals surface area contributed by atoms with E-state index in [1.807, 2.05) is 49.4 Å². The van der Waals surface area contributed by atoms with Gasteiger partial charge in [-0.2, -0.15) is 0 Å². The summed E-state index contributed by atoms with van der Waals surface area (Å²) in [6.07, 6.45) is 16.5. The third-order valence-corrected chi connectivity index (χ3v) is 7.78. The van der Waals surface area contributed by atoms with Gasteiger partial charge in [-0.05, 0) is 97.6 Å². The molecule has 1 saturated carbocycles. The first-order valence-corrected chi connectivity index (χ1v) is 13.7. The molecule has 1 aliphatic rings. The summed E-state index contributed by atoms with van der Waals surface area (Å²) in [5, 5.41) is 1.55. The average Bonchev–Trinajstić information content (AvgIpc) is 2.89. The van der Waals surface area contributed by atoms with Gasteiger partial charge in [0.05, 0.1) is 0 Å². The van der Waals surface area contributed by atoms with E-state index in [1.54, 1.807) is 0 Å². The van der Waals surface area contributed by atoms with Crippen LogP contribution in [0.1, 0.15) is 87.8 Å². The second kappa shape index (κ2) is 12.9. The highest BCUT2D eigenvalue weighted by molar-refractivity contribution is 5.85. The number of ether oxygens (including phenoxy) is 1. The average molecular weight is 473 g/mol. The van der Waals surface area contributed by atoms with Crippen molar-refractivity contribution in [2.45, 2.75) is 84.0 Å². The van der Waals surface area contributed by atoms with Gasteiger partial charge in [-0.1, -0.05) is 81.2 Å². The predicted molar refractivity (Wildman–Crippen MR) is 147 cm³/mol. The normalized spacial score (nSPS) is 18.4. The second-order valence-corrected chi connectivity index (χ2v) is 10.3. The Bertz CT molecular complexity index is 1090. The van der Waals surface area contributed by atoms with Gasteiger partial charge in [0, 0.05) is 5.39 Å². The van der Waals surface area contributed by atoms with Crippen molar-refractivity contribution in [2.24, 2.45) is 5.92 Å². The van der Waals surface area contributed by atoms with E-state index >= 15 is 4.39 Å². The molecular formula is C33H41FO. The summed E-state index contributed by atoms with van der Waals surface area (Å²) in [6.45, 7) is 4.79. The van der Waals surface area contributed by atoms with Crippen LogP contribution in [0.15, 0.2) is 66.7 Å². The maximum absolute atomic E-state index is 15.2. The van der Waals surface area contributed by atoms with E-state index < -0.39 is 0 Å². The Kier molecular flexibility index (Phi) is 9.40. The number of allylic oxidation sites excluding steroid dienone is 1. The van der Waals surface area contributed by atoms with E-state index in [-0.39, 0.29) is 5.82 Å². The van der Waals surface area contributed by atoms with E-state index in [1.165, 1.54) is 62.5 Å². The predicted octanol–water partition coefficient (Wildman–Crippen LogP) is 9.57. The molecule has 0 aromatic heterocycles. The summed E-state index contributed by atoms with van der Waals surface area (Å²) in [4.78, 5) is 0. The fourth-order valence-corrected chi connectivity index (χ4v) is 5.54. The van der Waals surface area contributed by atoms with E-state index in [0.29, 0.717) is 18.4 Å². The van der Waals surface area contributed by atoms with Crippen LogP contribution in [-0.2, 0) is 12.8 Å². The van der Waals surface area contributed by atoms with E-state index in [2.05, 4.69) is 31.2 Å². The number of rotatable bonds is 11. The number of benzene rings is 3. The molecule has 0 aliphatic heterocycles.